The molecule has 0 fully saturated rings. The summed E-state index contributed by atoms with van der Waals surface area (Å²) in [6, 6.07) is 34.7. The van der Waals surface area contributed by atoms with Gasteiger partial charge >= 0.3 is 0 Å². The molecule has 6 nitrogen and oxygen atoms in total. The Bertz CT molecular complexity index is 1480. The lowest BCUT2D eigenvalue weighted by atomic mass is 9.98. The molecule has 0 atom stereocenters. The van der Waals surface area contributed by atoms with Gasteiger partial charge in [-0.05, 0) is 60.7 Å². The number of anilines is 2. The first-order chi connectivity index (χ1) is 18.5. The summed E-state index contributed by atoms with van der Waals surface area (Å²) in [5, 5.41) is 0. The van der Waals surface area contributed by atoms with E-state index in [4.69, 9.17) is 20.9 Å². The van der Waals surface area contributed by atoms with E-state index >= 15 is 0 Å². The fourth-order valence-corrected chi connectivity index (χ4v) is 3.87. The van der Waals surface area contributed by atoms with Crippen molar-refractivity contribution in [3.05, 3.63) is 144 Å². The Balaban J connectivity index is 1.34. The number of carbonyl (C=O) groups is 2. The van der Waals surface area contributed by atoms with Gasteiger partial charge in [0.15, 0.2) is 23.1 Å². The van der Waals surface area contributed by atoms with Gasteiger partial charge in [0, 0.05) is 22.3 Å². The third-order valence-electron chi connectivity index (χ3n) is 5.90. The molecule has 5 aromatic carbocycles. The fourth-order valence-electron chi connectivity index (χ4n) is 3.87. The molecule has 186 valence electrons. The van der Waals surface area contributed by atoms with E-state index in [0.29, 0.717) is 56.6 Å². The van der Waals surface area contributed by atoms with Crippen LogP contribution in [0.15, 0.2) is 121 Å². The predicted octanol–water partition coefficient (Wildman–Crippen LogP) is 6.90. The lowest BCUT2D eigenvalue weighted by Crippen LogP contribution is -2.06. The quantitative estimate of drug-likeness (QED) is 0.177. The van der Waals surface area contributed by atoms with Gasteiger partial charge in [-0.2, -0.15) is 0 Å². The summed E-state index contributed by atoms with van der Waals surface area (Å²) < 4.78 is 11.7. The number of ether oxygens (including phenoxy) is 2. The van der Waals surface area contributed by atoms with Crippen LogP contribution in [-0.4, -0.2) is 11.6 Å². The molecule has 0 radical (unpaired) electrons. The highest BCUT2D eigenvalue weighted by Crippen LogP contribution is 2.31. The normalized spacial score (nSPS) is 10.5. The largest absolute Gasteiger partial charge is 0.455 e. The zero-order valence-electron chi connectivity index (χ0n) is 20.3. The van der Waals surface area contributed by atoms with E-state index in [1.54, 1.807) is 60.7 Å². The van der Waals surface area contributed by atoms with Gasteiger partial charge in [-0.15, -0.1) is 0 Å². The summed E-state index contributed by atoms with van der Waals surface area (Å²) in [7, 11) is 0. The molecule has 0 spiro atoms. The number of nitrogen functional groups attached to an aromatic ring is 2. The molecule has 6 heteroatoms. The Morgan fingerprint density at radius 1 is 0.447 bits per heavy atom. The summed E-state index contributed by atoms with van der Waals surface area (Å²) in [6.07, 6.45) is 0. The number of hydrogen-bond donors (Lipinski definition) is 2. The molecule has 0 unspecified atom stereocenters. The molecule has 0 aliphatic carbocycles. The fraction of sp³-hybridized carbons (Fsp3) is 0. The van der Waals surface area contributed by atoms with Crippen molar-refractivity contribution >= 4 is 22.9 Å². The van der Waals surface area contributed by atoms with Gasteiger partial charge in [0.1, 0.15) is 11.5 Å². The van der Waals surface area contributed by atoms with E-state index in [1.165, 1.54) is 0 Å². The van der Waals surface area contributed by atoms with Crippen LogP contribution in [0.4, 0.5) is 11.4 Å². The lowest BCUT2D eigenvalue weighted by molar-refractivity contribution is 0.102. The molecule has 0 aliphatic heterocycles. The average molecular weight is 501 g/mol. The van der Waals surface area contributed by atoms with Gasteiger partial charge in [0.2, 0.25) is 0 Å². The van der Waals surface area contributed by atoms with Crippen molar-refractivity contribution in [3.63, 3.8) is 0 Å². The van der Waals surface area contributed by atoms with Gasteiger partial charge in [-0.3, -0.25) is 9.59 Å². The van der Waals surface area contributed by atoms with Crippen LogP contribution in [0.2, 0.25) is 0 Å². The average Bonchev–Trinajstić information content (AvgIpc) is 2.96. The highest BCUT2D eigenvalue weighted by atomic mass is 16.5. The molecule has 0 bridgehead atoms. The number of nitrogens with two attached hydrogens (primary N) is 2. The summed E-state index contributed by atoms with van der Waals surface area (Å²) >= 11 is 0. The Labute approximate surface area is 220 Å². The van der Waals surface area contributed by atoms with Crippen LogP contribution >= 0.6 is 0 Å². The summed E-state index contributed by atoms with van der Waals surface area (Å²) in [5.41, 5.74) is 14.7. The number of rotatable bonds is 8. The first-order valence-electron chi connectivity index (χ1n) is 11.9. The molecule has 0 saturated heterocycles. The van der Waals surface area contributed by atoms with Crippen LogP contribution < -0.4 is 20.9 Å². The molecule has 0 amide bonds. The van der Waals surface area contributed by atoms with E-state index in [2.05, 4.69) is 0 Å². The van der Waals surface area contributed by atoms with Gasteiger partial charge < -0.3 is 20.9 Å². The molecule has 0 aromatic heterocycles. The highest BCUT2D eigenvalue weighted by Gasteiger charge is 2.16. The van der Waals surface area contributed by atoms with Gasteiger partial charge in [0.25, 0.3) is 0 Å². The van der Waals surface area contributed by atoms with Crippen LogP contribution in [0.3, 0.4) is 0 Å². The van der Waals surface area contributed by atoms with Crippen molar-refractivity contribution in [3.8, 4) is 23.0 Å². The Morgan fingerprint density at radius 3 is 1.16 bits per heavy atom. The minimum absolute atomic E-state index is 0.215. The molecular formula is C32H24N2O4. The Kier molecular flexibility index (Phi) is 6.87. The van der Waals surface area contributed by atoms with Crippen LogP contribution in [0.25, 0.3) is 0 Å². The molecule has 38 heavy (non-hydrogen) atoms. The molecular weight excluding hydrogens is 476 g/mol. The number of hydrogen-bond acceptors (Lipinski definition) is 6. The molecule has 0 aliphatic rings. The van der Waals surface area contributed by atoms with Crippen LogP contribution in [0.5, 0.6) is 23.0 Å². The molecule has 5 aromatic rings. The lowest BCUT2D eigenvalue weighted by Gasteiger charge is -2.11. The summed E-state index contributed by atoms with van der Waals surface area (Å²) in [4.78, 5) is 26.3. The van der Waals surface area contributed by atoms with E-state index in [0.717, 1.165) is 0 Å². The zero-order chi connectivity index (χ0) is 26.5. The minimum atomic E-state index is -0.215. The second kappa shape index (κ2) is 10.7. The van der Waals surface area contributed by atoms with Crippen molar-refractivity contribution in [2.24, 2.45) is 0 Å². The predicted molar refractivity (Wildman–Crippen MR) is 148 cm³/mol. The molecule has 0 heterocycles. The molecule has 5 rings (SSSR count). The van der Waals surface area contributed by atoms with E-state index in [9.17, 15) is 9.59 Å². The van der Waals surface area contributed by atoms with Crippen molar-refractivity contribution in [1.82, 2.24) is 0 Å². The Morgan fingerprint density at radius 2 is 0.789 bits per heavy atom. The Hall–Kier alpha value is -5.36. The standard InChI is InChI=1S/C32H24N2O4/c33-27-17-15-23(19-29(27)37-25-7-3-1-4-8-25)31(35)21-11-13-22(14-12-21)32(36)24-16-18-28(34)30(20-24)38-26-9-5-2-6-10-26/h1-20H,33-34H2. The molecule has 4 N–H and O–H groups in total. The van der Waals surface area contributed by atoms with Gasteiger partial charge in [-0.25, -0.2) is 0 Å². The van der Waals surface area contributed by atoms with Crippen LogP contribution in [0, 0.1) is 0 Å². The topological polar surface area (TPSA) is 105 Å². The maximum Gasteiger partial charge on any atom is 0.193 e. The van der Waals surface area contributed by atoms with E-state index in [-0.39, 0.29) is 11.6 Å². The van der Waals surface area contributed by atoms with Gasteiger partial charge in [-0.1, -0.05) is 60.7 Å². The third-order valence-corrected chi connectivity index (χ3v) is 5.90. The first kappa shape index (κ1) is 24.3. The van der Waals surface area contributed by atoms with Crippen LogP contribution in [-0.2, 0) is 0 Å². The monoisotopic (exact) mass is 500 g/mol. The van der Waals surface area contributed by atoms with E-state index < -0.39 is 0 Å². The first-order valence-corrected chi connectivity index (χ1v) is 11.9. The maximum absolute atomic E-state index is 13.2. The number of carbonyl (C=O) groups excluding carboxylic acids is 2. The second-order valence-electron chi connectivity index (χ2n) is 8.57. The summed E-state index contributed by atoms with van der Waals surface area (Å²) in [6.45, 7) is 0. The smallest absolute Gasteiger partial charge is 0.193 e. The van der Waals surface area contributed by atoms with Crippen molar-refractivity contribution < 1.29 is 19.1 Å². The maximum atomic E-state index is 13.2. The second-order valence-corrected chi connectivity index (χ2v) is 8.57. The number of para-hydroxylation sites is 2. The highest BCUT2D eigenvalue weighted by molar-refractivity contribution is 6.12. The molecule has 0 saturated carbocycles. The number of ketones is 2. The summed E-state index contributed by atoms with van der Waals surface area (Å²) in [5.74, 6) is 1.59. The van der Waals surface area contributed by atoms with E-state index in [1.807, 2.05) is 60.7 Å². The van der Waals surface area contributed by atoms with Crippen LogP contribution in [0.1, 0.15) is 31.8 Å². The van der Waals surface area contributed by atoms with Crippen molar-refractivity contribution in [1.29, 1.82) is 0 Å². The van der Waals surface area contributed by atoms with Crippen molar-refractivity contribution in [2.75, 3.05) is 11.5 Å². The third kappa shape index (κ3) is 5.39. The van der Waals surface area contributed by atoms with Crippen molar-refractivity contribution in [2.45, 2.75) is 0 Å². The zero-order valence-corrected chi connectivity index (χ0v) is 20.3. The van der Waals surface area contributed by atoms with Gasteiger partial charge in [0.05, 0.1) is 11.4 Å². The SMILES string of the molecule is Nc1ccc(C(=O)c2ccc(C(=O)c3ccc(N)c(Oc4ccccc4)c3)cc2)cc1Oc1ccccc1. The minimum Gasteiger partial charge on any atom is -0.455 e. The number of benzene rings is 5.